The number of piperazine rings is 1. The van der Waals surface area contributed by atoms with Crippen LogP contribution in [0.5, 0.6) is 0 Å². The zero-order valence-corrected chi connectivity index (χ0v) is 14.9. The second-order valence-corrected chi connectivity index (χ2v) is 6.02. The van der Waals surface area contributed by atoms with E-state index in [0.29, 0.717) is 6.54 Å². The summed E-state index contributed by atoms with van der Waals surface area (Å²) < 4.78 is 1.99. The Labute approximate surface area is 147 Å². The topological polar surface area (TPSA) is 78.1 Å². The van der Waals surface area contributed by atoms with Crippen LogP contribution in [0.2, 0.25) is 0 Å². The van der Waals surface area contributed by atoms with Gasteiger partial charge in [-0.3, -0.25) is 14.2 Å². The summed E-state index contributed by atoms with van der Waals surface area (Å²) in [5.41, 5.74) is 0.855. The van der Waals surface area contributed by atoms with Crippen LogP contribution < -0.4 is 5.32 Å². The molecular formula is C17H25N7O. The monoisotopic (exact) mass is 343 g/mol. The normalized spacial score (nSPS) is 15.7. The van der Waals surface area contributed by atoms with E-state index in [1.165, 1.54) is 0 Å². The quantitative estimate of drug-likeness (QED) is 0.642. The largest absolute Gasteiger partial charge is 0.357 e. The van der Waals surface area contributed by atoms with Gasteiger partial charge >= 0.3 is 0 Å². The molecule has 0 bridgehead atoms. The molecule has 1 aliphatic rings. The first-order valence-corrected chi connectivity index (χ1v) is 8.76. The van der Waals surface area contributed by atoms with Crippen LogP contribution in [0.4, 0.5) is 0 Å². The zero-order chi connectivity index (χ0) is 17.6. The van der Waals surface area contributed by atoms with Gasteiger partial charge in [0.05, 0.1) is 0 Å². The molecule has 0 atom stereocenters. The first kappa shape index (κ1) is 17.2. The van der Waals surface area contributed by atoms with Crippen LogP contribution in [0.3, 0.4) is 0 Å². The van der Waals surface area contributed by atoms with Gasteiger partial charge in [0.25, 0.3) is 0 Å². The summed E-state index contributed by atoms with van der Waals surface area (Å²) in [7, 11) is 0. The molecule has 1 aliphatic heterocycles. The third-order valence-corrected chi connectivity index (χ3v) is 4.34. The number of rotatable bonds is 4. The van der Waals surface area contributed by atoms with Crippen LogP contribution in [-0.2, 0) is 11.2 Å². The molecule has 0 saturated carbocycles. The molecule has 2 aromatic rings. The van der Waals surface area contributed by atoms with Crippen molar-refractivity contribution < 1.29 is 4.79 Å². The Balaban J connectivity index is 1.62. The number of aliphatic imine (C=N–C) groups is 1. The van der Waals surface area contributed by atoms with Crippen molar-refractivity contribution >= 4 is 17.5 Å². The molecule has 25 heavy (non-hydrogen) atoms. The van der Waals surface area contributed by atoms with E-state index < -0.39 is 0 Å². The van der Waals surface area contributed by atoms with Gasteiger partial charge in [-0.05, 0) is 19.1 Å². The van der Waals surface area contributed by atoms with Crippen molar-refractivity contribution in [1.29, 1.82) is 0 Å². The molecule has 1 N–H and O–H groups in total. The number of fused-ring (bicyclic) bond motifs is 1. The van der Waals surface area contributed by atoms with Crippen LogP contribution in [0.25, 0.3) is 5.65 Å². The number of nitrogens with zero attached hydrogens (tertiary/aromatic N) is 6. The van der Waals surface area contributed by atoms with Crippen molar-refractivity contribution in [3.63, 3.8) is 0 Å². The molecule has 0 aromatic carbocycles. The molecule has 1 fully saturated rings. The predicted molar refractivity (Wildman–Crippen MR) is 96.5 cm³/mol. The van der Waals surface area contributed by atoms with Crippen molar-refractivity contribution in [2.45, 2.75) is 20.3 Å². The number of aromatic nitrogens is 3. The van der Waals surface area contributed by atoms with Gasteiger partial charge in [-0.2, -0.15) is 0 Å². The minimum absolute atomic E-state index is 0.139. The summed E-state index contributed by atoms with van der Waals surface area (Å²) in [5, 5.41) is 11.8. The first-order valence-electron chi connectivity index (χ1n) is 8.76. The standard InChI is InChI=1S/C17H25N7O/c1-3-18-17(23-12-10-22(11-13-23)14(2)25)19-8-7-16-21-20-15-6-4-5-9-24(15)16/h4-6,9H,3,7-8,10-13H2,1-2H3,(H,18,19). The molecule has 134 valence electrons. The number of pyridine rings is 1. The number of hydrogen-bond donors (Lipinski definition) is 1. The number of hydrogen-bond acceptors (Lipinski definition) is 4. The van der Waals surface area contributed by atoms with Gasteiger partial charge in [0.15, 0.2) is 11.6 Å². The Hall–Kier alpha value is -2.64. The van der Waals surface area contributed by atoms with Gasteiger partial charge in [0.1, 0.15) is 5.82 Å². The second-order valence-electron chi connectivity index (χ2n) is 6.02. The molecule has 8 nitrogen and oxygen atoms in total. The van der Waals surface area contributed by atoms with E-state index in [1.807, 2.05) is 33.7 Å². The number of nitrogens with one attached hydrogen (secondary N) is 1. The summed E-state index contributed by atoms with van der Waals surface area (Å²) in [6, 6.07) is 5.87. The lowest BCUT2D eigenvalue weighted by atomic mass is 10.3. The summed E-state index contributed by atoms with van der Waals surface area (Å²) in [6.45, 7) is 8.25. The van der Waals surface area contributed by atoms with Crippen molar-refractivity contribution in [3.8, 4) is 0 Å². The molecule has 8 heteroatoms. The molecule has 0 aliphatic carbocycles. The van der Waals surface area contributed by atoms with Crippen molar-refractivity contribution in [1.82, 2.24) is 29.7 Å². The number of carbonyl (C=O) groups is 1. The maximum atomic E-state index is 11.5. The average molecular weight is 343 g/mol. The number of amides is 1. The summed E-state index contributed by atoms with van der Waals surface area (Å²) in [4.78, 5) is 20.3. The maximum Gasteiger partial charge on any atom is 0.219 e. The van der Waals surface area contributed by atoms with E-state index in [-0.39, 0.29) is 5.91 Å². The van der Waals surface area contributed by atoms with Crippen LogP contribution in [0, 0.1) is 0 Å². The van der Waals surface area contributed by atoms with E-state index in [1.54, 1.807) is 6.92 Å². The van der Waals surface area contributed by atoms with E-state index in [9.17, 15) is 4.79 Å². The Morgan fingerprint density at radius 3 is 2.68 bits per heavy atom. The summed E-state index contributed by atoms with van der Waals surface area (Å²) in [6.07, 6.45) is 2.70. The Kier molecular flexibility index (Phi) is 5.47. The molecule has 1 saturated heterocycles. The molecule has 2 aromatic heterocycles. The number of carbonyl (C=O) groups excluding carboxylic acids is 1. The Bertz CT molecular complexity index is 746. The predicted octanol–water partition coefficient (Wildman–Crippen LogP) is 0.401. The lowest BCUT2D eigenvalue weighted by molar-refractivity contribution is -0.130. The van der Waals surface area contributed by atoms with Gasteiger partial charge in [-0.1, -0.05) is 6.07 Å². The molecule has 1 amide bonds. The summed E-state index contributed by atoms with van der Waals surface area (Å²) in [5.74, 6) is 1.95. The fourth-order valence-electron chi connectivity index (χ4n) is 2.98. The second kappa shape index (κ2) is 7.96. The highest BCUT2D eigenvalue weighted by Crippen LogP contribution is 2.05. The van der Waals surface area contributed by atoms with Crippen LogP contribution in [-0.4, -0.2) is 75.5 Å². The van der Waals surface area contributed by atoms with Crippen molar-refractivity contribution in [3.05, 3.63) is 30.2 Å². The molecule has 0 spiro atoms. The molecule has 3 heterocycles. The van der Waals surface area contributed by atoms with Gasteiger partial charge in [0.2, 0.25) is 5.91 Å². The van der Waals surface area contributed by atoms with Crippen LogP contribution >= 0.6 is 0 Å². The van der Waals surface area contributed by atoms with E-state index >= 15 is 0 Å². The van der Waals surface area contributed by atoms with Crippen LogP contribution in [0.15, 0.2) is 29.4 Å². The van der Waals surface area contributed by atoms with E-state index in [4.69, 9.17) is 4.99 Å². The SMILES string of the molecule is CCNC(=NCCc1nnc2ccccn12)N1CCN(C(C)=O)CC1. The van der Waals surface area contributed by atoms with Gasteiger partial charge < -0.3 is 15.1 Å². The summed E-state index contributed by atoms with van der Waals surface area (Å²) >= 11 is 0. The minimum Gasteiger partial charge on any atom is -0.357 e. The lowest BCUT2D eigenvalue weighted by Gasteiger charge is -2.36. The third-order valence-electron chi connectivity index (χ3n) is 4.34. The molecular weight excluding hydrogens is 318 g/mol. The van der Waals surface area contributed by atoms with Gasteiger partial charge in [0, 0.05) is 58.8 Å². The Morgan fingerprint density at radius 1 is 1.20 bits per heavy atom. The van der Waals surface area contributed by atoms with Crippen LogP contribution in [0.1, 0.15) is 19.7 Å². The van der Waals surface area contributed by atoms with Crippen molar-refractivity contribution in [2.24, 2.45) is 4.99 Å². The fraction of sp³-hybridized carbons (Fsp3) is 0.529. The van der Waals surface area contributed by atoms with E-state index in [0.717, 1.165) is 56.6 Å². The van der Waals surface area contributed by atoms with Gasteiger partial charge in [-0.15, -0.1) is 10.2 Å². The smallest absolute Gasteiger partial charge is 0.219 e. The lowest BCUT2D eigenvalue weighted by Crippen LogP contribution is -2.53. The van der Waals surface area contributed by atoms with Gasteiger partial charge in [-0.25, -0.2) is 0 Å². The third kappa shape index (κ3) is 4.07. The zero-order valence-electron chi connectivity index (χ0n) is 14.9. The highest BCUT2D eigenvalue weighted by molar-refractivity contribution is 5.80. The highest BCUT2D eigenvalue weighted by Gasteiger charge is 2.20. The molecule has 0 radical (unpaired) electrons. The number of guanidine groups is 1. The fourth-order valence-corrected chi connectivity index (χ4v) is 2.98. The first-order chi connectivity index (χ1) is 12.2. The average Bonchev–Trinajstić information content (AvgIpc) is 3.04. The Morgan fingerprint density at radius 2 is 1.96 bits per heavy atom. The molecule has 3 rings (SSSR count). The van der Waals surface area contributed by atoms with E-state index in [2.05, 4.69) is 27.3 Å². The molecule has 0 unspecified atom stereocenters. The maximum absolute atomic E-state index is 11.5. The van der Waals surface area contributed by atoms with Crippen molar-refractivity contribution in [2.75, 3.05) is 39.3 Å². The highest BCUT2D eigenvalue weighted by atomic mass is 16.2. The minimum atomic E-state index is 0.139.